The third-order valence-electron chi connectivity index (χ3n) is 6.87. The van der Waals surface area contributed by atoms with Crippen molar-refractivity contribution in [1.82, 2.24) is 9.55 Å². The normalized spacial score (nSPS) is 12.1. The number of fused-ring (bicyclic) bond motifs is 4. The van der Waals surface area contributed by atoms with E-state index in [-0.39, 0.29) is 0 Å². The molecule has 5 nitrogen and oxygen atoms in total. The molecule has 0 saturated heterocycles. The molecule has 0 aliphatic rings. The number of rotatable bonds is 6. The number of aliphatic hydroxyl groups is 1. The van der Waals surface area contributed by atoms with Crippen LogP contribution in [-0.4, -0.2) is 27.3 Å². The number of hydrogen-bond donors (Lipinski definition) is 2. The van der Waals surface area contributed by atoms with Crippen molar-refractivity contribution in [1.29, 1.82) is 5.26 Å². The van der Waals surface area contributed by atoms with Gasteiger partial charge in [0.15, 0.2) is 0 Å². The maximum atomic E-state index is 9.90. The fourth-order valence-electron chi connectivity index (χ4n) is 5.15. The molecule has 0 bridgehead atoms. The minimum atomic E-state index is -0.420. The van der Waals surface area contributed by atoms with Gasteiger partial charge in [0, 0.05) is 34.5 Å². The van der Waals surface area contributed by atoms with E-state index in [0.29, 0.717) is 18.5 Å². The van der Waals surface area contributed by atoms with Crippen molar-refractivity contribution < 1.29 is 5.11 Å². The quantitative estimate of drug-likeness (QED) is 0.267. The second-order valence-electron chi connectivity index (χ2n) is 9.34. The summed E-state index contributed by atoms with van der Waals surface area (Å²) >= 11 is 0. The van der Waals surface area contributed by atoms with Gasteiger partial charge in [-0.15, -0.1) is 0 Å². The standard InChI is InChI=1S/C32H26N4O/c1-21(37)16-17-34-32-23(19-33)9-6-15-30(32)36-28-13-5-3-10-26(28)31-25(11-7-14-29(31)36)24-18-22-8-2-4-12-27(22)35-20-24/h2-15,18,20-21,34,37H,16-17H2,1H3. The lowest BCUT2D eigenvalue weighted by Crippen LogP contribution is -2.12. The van der Waals surface area contributed by atoms with E-state index in [0.717, 1.165) is 55.2 Å². The number of aromatic nitrogens is 2. The Kier molecular flexibility index (Phi) is 5.80. The van der Waals surface area contributed by atoms with Gasteiger partial charge in [-0.05, 0) is 55.3 Å². The van der Waals surface area contributed by atoms with Crippen molar-refractivity contribution in [2.45, 2.75) is 19.4 Å². The molecule has 0 fully saturated rings. The topological polar surface area (TPSA) is 73.9 Å². The van der Waals surface area contributed by atoms with E-state index in [1.165, 1.54) is 0 Å². The smallest absolute Gasteiger partial charge is 0.101 e. The molecular weight excluding hydrogens is 456 g/mol. The Labute approximate surface area is 215 Å². The second-order valence-corrected chi connectivity index (χ2v) is 9.34. The number of nitrogens with zero attached hydrogens (tertiary/aromatic N) is 3. The molecule has 0 aliphatic carbocycles. The number of aliphatic hydroxyl groups excluding tert-OH is 1. The van der Waals surface area contributed by atoms with Crippen LogP contribution < -0.4 is 5.32 Å². The highest BCUT2D eigenvalue weighted by Gasteiger charge is 2.19. The van der Waals surface area contributed by atoms with Gasteiger partial charge in [-0.25, -0.2) is 0 Å². The third kappa shape index (κ3) is 3.98. The minimum Gasteiger partial charge on any atom is -0.393 e. The Morgan fingerprint density at radius 2 is 1.73 bits per heavy atom. The molecule has 6 aromatic rings. The molecule has 2 aromatic heterocycles. The van der Waals surface area contributed by atoms with Crippen LogP contribution in [0, 0.1) is 11.3 Å². The van der Waals surface area contributed by atoms with E-state index in [1.807, 2.05) is 48.7 Å². The number of pyridine rings is 1. The van der Waals surface area contributed by atoms with Crippen LogP contribution in [0.25, 0.3) is 49.5 Å². The molecule has 180 valence electrons. The van der Waals surface area contributed by atoms with Crippen LogP contribution >= 0.6 is 0 Å². The summed E-state index contributed by atoms with van der Waals surface area (Å²) in [6.45, 7) is 2.34. The Morgan fingerprint density at radius 1 is 0.946 bits per heavy atom. The van der Waals surface area contributed by atoms with Crippen molar-refractivity contribution in [3.05, 3.63) is 103 Å². The molecule has 0 radical (unpaired) electrons. The fraction of sp³-hybridized carbons (Fsp3) is 0.125. The van der Waals surface area contributed by atoms with Crippen LogP contribution in [0.15, 0.2) is 97.2 Å². The molecule has 0 amide bonds. The van der Waals surface area contributed by atoms with E-state index in [9.17, 15) is 10.4 Å². The molecule has 2 N–H and O–H groups in total. The van der Waals surface area contributed by atoms with Gasteiger partial charge in [-0.2, -0.15) is 5.26 Å². The lowest BCUT2D eigenvalue weighted by Gasteiger charge is -2.17. The van der Waals surface area contributed by atoms with Crippen molar-refractivity contribution in [3.63, 3.8) is 0 Å². The molecule has 5 heteroatoms. The average Bonchev–Trinajstić information content (AvgIpc) is 3.27. The zero-order chi connectivity index (χ0) is 25.4. The summed E-state index contributed by atoms with van der Waals surface area (Å²) in [4.78, 5) is 4.72. The number of nitrogens with one attached hydrogen (secondary N) is 1. The summed E-state index contributed by atoms with van der Waals surface area (Å²) in [7, 11) is 0. The van der Waals surface area contributed by atoms with Gasteiger partial charge < -0.3 is 15.0 Å². The van der Waals surface area contributed by atoms with Gasteiger partial charge >= 0.3 is 0 Å². The average molecular weight is 483 g/mol. The second kappa shape index (κ2) is 9.42. The molecular formula is C32H26N4O. The van der Waals surface area contributed by atoms with Gasteiger partial charge in [-0.1, -0.05) is 54.6 Å². The molecule has 6 rings (SSSR count). The van der Waals surface area contributed by atoms with E-state index in [1.54, 1.807) is 6.92 Å². The van der Waals surface area contributed by atoms with E-state index >= 15 is 0 Å². The fourth-order valence-corrected chi connectivity index (χ4v) is 5.15. The van der Waals surface area contributed by atoms with Crippen molar-refractivity contribution in [2.24, 2.45) is 0 Å². The first-order valence-corrected chi connectivity index (χ1v) is 12.5. The highest BCUT2D eigenvalue weighted by atomic mass is 16.3. The Bertz CT molecular complexity index is 1810. The molecule has 37 heavy (non-hydrogen) atoms. The first-order chi connectivity index (χ1) is 18.2. The summed E-state index contributed by atoms with van der Waals surface area (Å²) in [5.41, 5.74) is 7.52. The molecule has 0 saturated carbocycles. The van der Waals surface area contributed by atoms with Crippen LogP contribution in [0.1, 0.15) is 18.9 Å². The molecule has 4 aromatic carbocycles. The summed E-state index contributed by atoms with van der Waals surface area (Å²) in [5, 5.41) is 26.5. The molecule has 1 unspecified atom stereocenters. The van der Waals surface area contributed by atoms with Crippen molar-refractivity contribution >= 4 is 38.4 Å². The monoisotopic (exact) mass is 482 g/mol. The highest BCUT2D eigenvalue weighted by molar-refractivity contribution is 6.16. The van der Waals surface area contributed by atoms with E-state index in [4.69, 9.17) is 4.98 Å². The van der Waals surface area contributed by atoms with Gasteiger partial charge in [0.1, 0.15) is 6.07 Å². The Morgan fingerprint density at radius 3 is 2.59 bits per heavy atom. The largest absolute Gasteiger partial charge is 0.393 e. The van der Waals surface area contributed by atoms with Crippen molar-refractivity contribution in [3.8, 4) is 22.9 Å². The Hall–Kier alpha value is -4.66. The zero-order valence-corrected chi connectivity index (χ0v) is 20.5. The van der Waals surface area contributed by atoms with E-state index < -0.39 is 6.10 Å². The van der Waals surface area contributed by atoms with Crippen LogP contribution in [0.5, 0.6) is 0 Å². The number of benzene rings is 4. The van der Waals surface area contributed by atoms with Gasteiger partial charge in [0.05, 0.1) is 39.6 Å². The van der Waals surface area contributed by atoms with Crippen LogP contribution in [0.2, 0.25) is 0 Å². The van der Waals surface area contributed by atoms with Crippen LogP contribution in [-0.2, 0) is 0 Å². The number of anilines is 1. The summed E-state index contributed by atoms with van der Waals surface area (Å²) in [6, 6.07) is 33.2. The number of hydrogen-bond acceptors (Lipinski definition) is 4. The van der Waals surface area contributed by atoms with Gasteiger partial charge in [0.2, 0.25) is 0 Å². The summed E-state index contributed by atoms with van der Waals surface area (Å²) in [6.07, 6.45) is 2.12. The number of nitriles is 1. The SMILES string of the molecule is CC(O)CCNc1c(C#N)cccc1-n1c2ccccc2c2c(-c3cnc4ccccc4c3)cccc21. The lowest BCUT2D eigenvalue weighted by molar-refractivity contribution is 0.189. The maximum absolute atomic E-state index is 9.90. The Balaban J connectivity index is 1.62. The van der Waals surface area contributed by atoms with Crippen LogP contribution in [0.4, 0.5) is 5.69 Å². The predicted octanol–water partition coefficient (Wildman–Crippen LogP) is 7.05. The van der Waals surface area contributed by atoms with Gasteiger partial charge in [0.25, 0.3) is 0 Å². The summed E-state index contributed by atoms with van der Waals surface area (Å²) < 4.78 is 2.23. The zero-order valence-electron chi connectivity index (χ0n) is 20.5. The van der Waals surface area contributed by atoms with Crippen LogP contribution in [0.3, 0.4) is 0 Å². The summed E-state index contributed by atoms with van der Waals surface area (Å²) in [5.74, 6) is 0. The first-order valence-electron chi connectivity index (χ1n) is 12.5. The molecule has 1 atom stereocenters. The first kappa shape index (κ1) is 22.8. The molecule has 0 spiro atoms. The third-order valence-corrected chi connectivity index (χ3v) is 6.87. The lowest BCUT2D eigenvalue weighted by atomic mass is 9.99. The van der Waals surface area contributed by atoms with Crippen molar-refractivity contribution in [2.75, 3.05) is 11.9 Å². The minimum absolute atomic E-state index is 0.420. The highest BCUT2D eigenvalue weighted by Crippen LogP contribution is 2.40. The van der Waals surface area contributed by atoms with E-state index in [2.05, 4.69) is 64.5 Å². The van der Waals surface area contributed by atoms with Gasteiger partial charge in [-0.3, -0.25) is 4.98 Å². The molecule has 0 aliphatic heterocycles. The predicted molar refractivity (Wildman–Crippen MR) is 151 cm³/mol. The number of para-hydroxylation sites is 3. The maximum Gasteiger partial charge on any atom is 0.101 e. The molecule has 2 heterocycles.